The van der Waals surface area contributed by atoms with Gasteiger partial charge in [-0.25, -0.2) is 9.78 Å². The van der Waals surface area contributed by atoms with Gasteiger partial charge >= 0.3 is 5.97 Å². The number of aromatic carboxylic acids is 1. The molecule has 0 bridgehead atoms. The van der Waals surface area contributed by atoms with E-state index in [0.29, 0.717) is 17.7 Å². The zero-order valence-corrected chi connectivity index (χ0v) is 10.0. The Morgan fingerprint density at radius 1 is 1.50 bits per heavy atom. The SMILES string of the molecule is COC1CC(n2cnc3ccc(C(=O)O)cc32)C1. The molecule has 1 aliphatic carbocycles. The summed E-state index contributed by atoms with van der Waals surface area (Å²) in [6.07, 6.45) is 4.01. The second-order valence-electron chi connectivity index (χ2n) is 4.64. The standard InChI is InChI=1S/C13H14N2O3/c1-18-10-5-9(6-10)15-7-14-11-3-2-8(13(16)17)4-12(11)15/h2-4,7,9-10H,5-6H2,1H3,(H,16,17). The van der Waals surface area contributed by atoms with Gasteiger partial charge in [-0.15, -0.1) is 0 Å². The van der Waals surface area contributed by atoms with Crippen LogP contribution in [0.3, 0.4) is 0 Å². The van der Waals surface area contributed by atoms with Gasteiger partial charge in [0.25, 0.3) is 0 Å². The summed E-state index contributed by atoms with van der Waals surface area (Å²) in [7, 11) is 1.72. The number of carboxylic acid groups (broad SMARTS) is 1. The number of carboxylic acids is 1. The van der Waals surface area contributed by atoms with Gasteiger partial charge in [-0.1, -0.05) is 0 Å². The Labute approximate surface area is 104 Å². The highest BCUT2D eigenvalue weighted by molar-refractivity contribution is 5.92. The number of aromatic nitrogens is 2. The number of hydrogen-bond acceptors (Lipinski definition) is 3. The topological polar surface area (TPSA) is 64.4 Å². The zero-order chi connectivity index (χ0) is 12.7. The second-order valence-corrected chi connectivity index (χ2v) is 4.64. The van der Waals surface area contributed by atoms with Gasteiger partial charge in [-0.2, -0.15) is 0 Å². The third kappa shape index (κ3) is 1.67. The van der Waals surface area contributed by atoms with Crippen molar-refractivity contribution in [3.05, 3.63) is 30.1 Å². The maximum Gasteiger partial charge on any atom is 0.335 e. The molecule has 3 rings (SSSR count). The molecule has 1 aromatic heterocycles. The minimum Gasteiger partial charge on any atom is -0.478 e. The lowest BCUT2D eigenvalue weighted by molar-refractivity contribution is 0.00733. The van der Waals surface area contributed by atoms with Gasteiger partial charge < -0.3 is 14.4 Å². The number of nitrogens with zero attached hydrogens (tertiary/aromatic N) is 2. The van der Waals surface area contributed by atoms with E-state index in [4.69, 9.17) is 9.84 Å². The van der Waals surface area contributed by atoms with Crippen molar-refractivity contribution in [1.82, 2.24) is 9.55 Å². The third-order valence-electron chi connectivity index (χ3n) is 3.62. The van der Waals surface area contributed by atoms with Crippen LogP contribution in [-0.4, -0.2) is 33.8 Å². The highest BCUT2D eigenvalue weighted by Crippen LogP contribution is 2.36. The lowest BCUT2D eigenvalue weighted by Gasteiger charge is -2.35. The summed E-state index contributed by atoms with van der Waals surface area (Å²) < 4.78 is 7.31. The summed E-state index contributed by atoms with van der Waals surface area (Å²) in [4.78, 5) is 15.3. The molecule has 5 nitrogen and oxygen atoms in total. The van der Waals surface area contributed by atoms with Crippen LogP contribution in [0.15, 0.2) is 24.5 Å². The van der Waals surface area contributed by atoms with Crippen LogP contribution >= 0.6 is 0 Å². The van der Waals surface area contributed by atoms with Crippen LogP contribution < -0.4 is 0 Å². The van der Waals surface area contributed by atoms with Crippen molar-refractivity contribution < 1.29 is 14.6 Å². The summed E-state index contributed by atoms with van der Waals surface area (Å²) >= 11 is 0. The predicted molar refractivity (Wildman–Crippen MR) is 65.8 cm³/mol. The summed E-state index contributed by atoms with van der Waals surface area (Å²) in [6.45, 7) is 0. The average molecular weight is 246 g/mol. The van der Waals surface area contributed by atoms with E-state index < -0.39 is 5.97 Å². The summed E-state index contributed by atoms with van der Waals surface area (Å²) in [5.74, 6) is -0.909. The van der Waals surface area contributed by atoms with Crippen LogP contribution in [0.5, 0.6) is 0 Å². The highest BCUT2D eigenvalue weighted by Gasteiger charge is 2.31. The molecule has 5 heteroatoms. The average Bonchev–Trinajstić information content (AvgIpc) is 2.71. The molecule has 1 heterocycles. The Bertz CT molecular complexity index is 599. The predicted octanol–water partition coefficient (Wildman–Crippen LogP) is 2.08. The number of benzene rings is 1. The van der Waals surface area contributed by atoms with Gasteiger partial charge in [-0.05, 0) is 31.0 Å². The molecule has 0 saturated heterocycles. The lowest BCUT2D eigenvalue weighted by atomic mass is 9.89. The van der Waals surface area contributed by atoms with E-state index in [2.05, 4.69) is 9.55 Å². The van der Waals surface area contributed by atoms with E-state index in [1.807, 2.05) is 0 Å². The molecule has 18 heavy (non-hydrogen) atoms. The van der Waals surface area contributed by atoms with Crippen molar-refractivity contribution in [2.45, 2.75) is 25.0 Å². The monoisotopic (exact) mass is 246 g/mol. The van der Waals surface area contributed by atoms with Gasteiger partial charge in [0.2, 0.25) is 0 Å². The first-order chi connectivity index (χ1) is 8.69. The van der Waals surface area contributed by atoms with Crippen molar-refractivity contribution >= 4 is 17.0 Å². The first-order valence-electron chi connectivity index (χ1n) is 5.91. The van der Waals surface area contributed by atoms with E-state index in [1.54, 1.807) is 31.6 Å². The van der Waals surface area contributed by atoms with Crippen molar-refractivity contribution in [1.29, 1.82) is 0 Å². The maximum absolute atomic E-state index is 11.0. The first-order valence-corrected chi connectivity index (χ1v) is 5.91. The van der Waals surface area contributed by atoms with E-state index >= 15 is 0 Å². The van der Waals surface area contributed by atoms with Crippen LogP contribution in [0.25, 0.3) is 11.0 Å². The Morgan fingerprint density at radius 3 is 2.94 bits per heavy atom. The molecule has 0 atom stereocenters. The molecule has 94 valence electrons. The van der Waals surface area contributed by atoms with Crippen molar-refractivity contribution in [2.75, 3.05) is 7.11 Å². The molecule has 0 radical (unpaired) electrons. The van der Waals surface area contributed by atoms with Crippen LogP contribution in [0.4, 0.5) is 0 Å². The smallest absolute Gasteiger partial charge is 0.335 e. The fourth-order valence-corrected chi connectivity index (χ4v) is 2.41. The molecule has 0 unspecified atom stereocenters. The van der Waals surface area contributed by atoms with Gasteiger partial charge in [-0.3, -0.25) is 0 Å². The van der Waals surface area contributed by atoms with Gasteiger partial charge in [0.1, 0.15) is 0 Å². The van der Waals surface area contributed by atoms with Crippen LogP contribution in [0.1, 0.15) is 29.2 Å². The quantitative estimate of drug-likeness (QED) is 0.900. The Kier molecular flexibility index (Phi) is 2.56. The fraction of sp³-hybridized carbons (Fsp3) is 0.385. The molecular weight excluding hydrogens is 232 g/mol. The van der Waals surface area contributed by atoms with Crippen molar-refractivity contribution in [2.24, 2.45) is 0 Å². The zero-order valence-electron chi connectivity index (χ0n) is 10.0. The Hall–Kier alpha value is -1.88. The number of carbonyl (C=O) groups is 1. The minimum atomic E-state index is -0.909. The largest absolute Gasteiger partial charge is 0.478 e. The van der Waals surface area contributed by atoms with Gasteiger partial charge in [0.05, 0.1) is 29.0 Å². The number of imidazole rings is 1. The van der Waals surface area contributed by atoms with Gasteiger partial charge in [0.15, 0.2) is 0 Å². The fourth-order valence-electron chi connectivity index (χ4n) is 2.41. The molecule has 1 saturated carbocycles. The Balaban J connectivity index is 1.97. The van der Waals surface area contributed by atoms with Crippen LogP contribution in [0, 0.1) is 0 Å². The van der Waals surface area contributed by atoms with Crippen molar-refractivity contribution in [3.8, 4) is 0 Å². The molecule has 1 fully saturated rings. The summed E-state index contributed by atoms with van der Waals surface area (Å²) in [5, 5.41) is 9.01. The van der Waals surface area contributed by atoms with Crippen LogP contribution in [-0.2, 0) is 4.74 Å². The number of fused-ring (bicyclic) bond motifs is 1. The molecule has 1 N–H and O–H groups in total. The van der Waals surface area contributed by atoms with E-state index in [0.717, 1.165) is 23.9 Å². The van der Waals surface area contributed by atoms with E-state index in [-0.39, 0.29) is 0 Å². The third-order valence-corrected chi connectivity index (χ3v) is 3.62. The lowest BCUT2D eigenvalue weighted by Crippen LogP contribution is -2.32. The normalized spacial score (nSPS) is 22.9. The number of ether oxygens (including phenoxy) is 1. The summed E-state index contributed by atoms with van der Waals surface area (Å²) in [5.41, 5.74) is 2.02. The molecule has 0 spiro atoms. The highest BCUT2D eigenvalue weighted by atomic mass is 16.5. The Morgan fingerprint density at radius 2 is 2.28 bits per heavy atom. The maximum atomic E-state index is 11.0. The first kappa shape index (κ1) is 11.2. The summed E-state index contributed by atoms with van der Waals surface area (Å²) in [6, 6.07) is 5.39. The van der Waals surface area contributed by atoms with Gasteiger partial charge in [0, 0.05) is 13.2 Å². The number of hydrogen-bond donors (Lipinski definition) is 1. The molecule has 0 aliphatic heterocycles. The number of rotatable bonds is 3. The molecular formula is C13H14N2O3. The van der Waals surface area contributed by atoms with E-state index in [9.17, 15) is 4.79 Å². The number of methoxy groups -OCH3 is 1. The van der Waals surface area contributed by atoms with E-state index in [1.165, 1.54) is 0 Å². The molecule has 0 amide bonds. The molecule has 1 aromatic carbocycles. The molecule has 2 aromatic rings. The van der Waals surface area contributed by atoms with Crippen molar-refractivity contribution in [3.63, 3.8) is 0 Å². The minimum absolute atomic E-state index is 0.298. The molecule has 1 aliphatic rings. The van der Waals surface area contributed by atoms with Crippen LogP contribution in [0.2, 0.25) is 0 Å². The second kappa shape index (κ2) is 4.10.